The van der Waals surface area contributed by atoms with Crippen molar-refractivity contribution in [1.29, 1.82) is 0 Å². The first-order valence-electron chi connectivity index (χ1n) is 11.5. The Morgan fingerprint density at radius 2 is 2.17 bits per heavy atom. The summed E-state index contributed by atoms with van der Waals surface area (Å²) in [5.74, 6) is 0.870. The molecule has 0 aliphatic carbocycles. The maximum Gasteiger partial charge on any atom is 0.235 e. The van der Waals surface area contributed by atoms with Crippen LogP contribution in [0.5, 0.6) is 5.88 Å². The molecule has 1 amide bonds. The lowest BCUT2D eigenvalue weighted by Crippen LogP contribution is -2.39. The van der Waals surface area contributed by atoms with Crippen LogP contribution in [0.15, 0.2) is 35.4 Å². The fourth-order valence-electron chi connectivity index (χ4n) is 4.47. The van der Waals surface area contributed by atoms with E-state index in [1.807, 2.05) is 17.0 Å². The van der Waals surface area contributed by atoms with E-state index in [2.05, 4.69) is 25.6 Å². The Labute approximate surface area is 205 Å². The predicted molar refractivity (Wildman–Crippen MR) is 130 cm³/mol. The molecule has 0 spiro atoms. The number of anilines is 1. The Kier molecular flexibility index (Phi) is 6.81. The Morgan fingerprint density at radius 3 is 3.03 bits per heavy atom. The minimum atomic E-state index is -1.38. The van der Waals surface area contributed by atoms with Crippen LogP contribution >= 0.6 is 11.8 Å². The number of amides is 1. The van der Waals surface area contributed by atoms with Crippen molar-refractivity contribution < 1.29 is 18.3 Å². The molecule has 2 aliphatic heterocycles. The number of thioether (sulfide) groups is 1. The number of aromatic nitrogens is 3. The molecule has 1 fully saturated rings. The third-order valence-electron chi connectivity index (χ3n) is 6.29. The molecule has 5 heterocycles. The SMILES string of the molecule is COc1ccc2ncc(F)c(CCN3CCC(F)(CNCc4ccc5c(n4)NC(=O)CS5)C3)c2n1. The smallest absolute Gasteiger partial charge is 0.235 e. The number of halogens is 2. The van der Waals surface area contributed by atoms with Gasteiger partial charge in [-0.25, -0.2) is 18.7 Å². The van der Waals surface area contributed by atoms with Gasteiger partial charge in [-0.05, 0) is 31.0 Å². The van der Waals surface area contributed by atoms with Gasteiger partial charge in [0.2, 0.25) is 11.8 Å². The van der Waals surface area contributed by atoms with Gasteiger partial charge in [0.05, 0.1) is 40.7 Å². The average molecular weight is 501 g/mol. The van der Waals surface area contributed by atoms with Crippen LogP contribution in [0.1, 0.15) is 17.7 Å². The van der Waals surface area contributed by atoms with E-state index >= 15 is 4.39 Å². The summed E-state index contributed by atoms with van der Waals surface area (Å²) in [5.41, 5.74) is 0.907. The first kappa shape index (κ1) is 23.8. The number of nitrogens with one attached hydrogen (secondary N) is 2. The molecule has 1 atom stereocenters. The second-order valence-corrected chi connectivity index (χ2v) is 9.84. The molecule has 0 saturated carbocycles. The third-order valence-corrected chi connectivity index (χ3v) is 7.34. The highest BCUT2D eigenvalue weighted by Gasteiger charge is 2.37. The number of alkyl halides is 1. The van der Waals surface area contributed by atoms with Crippen LogP contribution in [0.25, 0.3) is 11.0 Å². The fraction of sp³-hybridized carbons (Fsp3) is 0.417. The van der Waals surface area contributed by atoms with E-state index in [4.69, 9.17) is 4.74 Å². The minimum absolute atomic E-state index is 0.0663. The maximum atomic E-state index is 15.4. The quantitative estimate of drug-likeness (QED) is 0.488. The zero-order valence-electron chi connectivity index (χ0n) is 19.3. The fourth-order valence-corrected chi connectivity index (χ4v) is 5.23. The van der Waals surface area contributed by atoms with Crippen LogP contribution in [0.4, 0.5) is 14.6 Å². The number of carbonyl (C=O) groups is 1. The van der Waals surface area contributed by atoms with E-state index in [0.717, 1.165) is 10.6 Å². The second kappa shape index (κ2) is 10.00. The summed E-state index contributed by atoms with van der Waals surface area (Å²) >= 11 is 1.46. The number of rotatable bonds is 8. The summed E-state index contributed by atoms with van der Waals surface area (Å²) in [4.78, 5) is 27.5. The lowest BCUT2D eigenvalue weighted by atomic mass is 10.1. The number of carbonyl (C=O) groups excluding carboxylic acids is 1. The first-order chi connectivity index (χ1) is 16.9. The standard InChI is InChI=1S/C24H26F2N6O2S/c1-34-21-5-3-18-22(31-21)16(17(25)11-28-18)6-8-32-9-7-24(26,14-32)13-27-10-15-2-4-19-23(29-15)30-20(33)12-35-19/h2-5,11,27H,6-10,12-14H2,1H3,(H,29,30,33). The molecular formula is C24H26F2N6O2S. The molecule has 0 aromatic carbocycles. The summed E-state index contributed by atoms with van der Waals surface area (Å²) in [5, 5.41) is 5.94. The summed E-state index contributed by atoms with van der Waals surface area (Å²) in [7, 11) is 1.51. The van der Waals surface area contributed by atoms with E-state index in [-0.39, 0.29) is 19.0 Å². The van der Waals surface area contributed by atoms with Crippen molar-refractivity contribution >= 4 is 34.5 Å². The highest BCUT2D eigenvalue weighted by molar-refractivity contribution is 8.00. The molecule has 2 aliphatic rings. The molecule has 184 valence electrons. The van der Waals surface area contributed by atoms with Crippen molar-refractivity contribution in [2.24, 2.45) is 0 Å². The topological polar surface area (TPSA) is 92.3 Å². The molecule has 11 heteroatoms. The van der Waals surface area contributed by atoms with Gasteiger partial charge in [0.15, 0.2) is 0 Å². The molecule has 0 radical (unpaired) electrons. The zero-order valence-corrected chi connectivity index (χ0v) is 20.1. The van der Waals surface area contributed by atoms with E-state index in [1.54, 1.807) is 12.1 Å². The van der Waals surface area contributed by atoms with Gasteiger partial charge in [-0.3, -0.25) is 14.7 Å². The van der Waals surface area contributed by atoms with E-state index in [0.29, 0.717) is 66.5 Å². The molecule has 3 aromatic heterocycles. The van der Waals surface area contributed by atoms with E-state index in [9.17, 15) is 9.18 Å². The Balaban J connectivity index is 1.16. The number of likely N-dealkylation sites (tertiary alicyclic amines) is 1. The van der Waals surface area contributed by atoms with Crippen LogP contribution in [0, 0.1) is 5.82 Å². The van der Waals surface area contributed by atoms with Gasteiger partial charge in [-0.15, -0.1) is 11.8 Å². The number of pyridine rings is 3. The summed E-state index contributed by atoms with van der Waals surface area (Å²) < 4.78 is 35.2. The van der Waals surface area contributed by atoms with E-state index < -0.39 is 11.5 Å². The van der Waals surface area contributed by atoms with Crippen molar-refractivity contribution in [2.45, 2.75) is 30.0 Å². The summed E-state index contributed by atoms with van der Waals surface area (Å²) in [6, 6.07) is 7.26. The molecule has 2 N–H and O–H groups in total. The highest BCUT2D eigenvalue weighted by Crippen LogP contribution is 2.30. The highest BCUT2D eigenvalue weighted by atomic mass is 32.2. The molecular weight excluding hydrogens is 474 g/mol. The van der Waals surface area contributed by atoms with Gasteiger partial charge in [0.25, 0.3) is 0 Å². The summed E-state index contributed by atoms with van der Waals surface area (Å²) in [6.07, 6.45) is 2.01. The van der Waals surface area contributed by atoms with Crippen molar-refractivity contribution in [3.63, 3.8) is 0 Å². The van der Waals surface area contributed by atoms with Crippen LogP contribution in [0.3, 0.4) is 0 Å². The van der Waals surface area contributed by atoms with Crippen LogP contribution in [-0.4, -0.2) is 70.5 Å². The molecule has 5 rings (SSSR count). The van der Waals surface area contributed by atoms with Crippen LogP contribution in [0.2, 0.25) is 0 Å². The number of hydrogen-bond acceptors (Lipinski definition) is 8. The van der Waals surface area contributed by atoms with Crippen LogP contribution in [-0.2, 0) is 17.8 Å². The number of nitrogens with zero attached hydrogens (tertiary/aromatic N) is 4. The van der Waals surface area contributed by atoms with Gasteiger partial charge in [-0.2, -0.15) is 0 Å². The van der Waals surface area contributed by atoms with Gasteiger partial charge in [0, 0.05) is 44.4 Å². The molecule has 1 unspecified atom stereocenters. The Morgan fingerprint density at radius 1 is 1.29 bits per heavy atom. The minimum Gasteiger partial charge on any atom is -0.481 e. The number of methoxy groups -OCH3 is 1. The zero-order chi connectivity index (χ0) is 24.4. The van der Waals surface area contributed by atoms with Crippen molar-refractivity contribution in [1.82, 2.24) is 25.2 Å². The largest absolute Gasteiger partial charge is 0.481 e. The third kappa shape index (κ3) is 5.36. The van der Waals surface area contributed by atoms with Gasteiger partial charge < -0.3 is 15.4 Å². The van der Waals surface area contributed by atoms with Gasteiger partial charge >= 0.3 is 0 Å². The Bertz CT molecular complexity index is 1260. The number of fused-ring (bicyclic) bond motifs is 2. The number of hydrogen-bond donors (Lipinski definition) is 2. The maximum absolute atomic E-state index is 15.4. The Hall–Kier alpha value is -2.89. The number of ether oxygens (including phenoxy) is 1. The van der Waals surface area contributed by atoms with E-state index in [1.165, 1.54) is 25.1 Å². The molecule has 3 aromatic rings. The first-order valence-corrected chi connectivity index (χ1v) is 12.4. The lowest BCUT2D eigenvalue weighted by molar-refractivity contribution is -0.113. The van der Waals surface area contributed by atoms with Gasteiger partial charge in [-0.1, -0.05) is 0 Å². The molecule has 8 nitrogen and oxygen atoms in total. The summed E-state index contributed by atoms with van der Waals surface area (Å²) in [6.45, 7) is 1.98. The second-order valence-electron chi connectivity index (χ2n) is 8.82. The molecule has 1 saturated heterocycles. The van der Waals surface area contributed by atoms with Crippen LogP contribution < -0.4 is 15.4 Å². The van der Waals surface area contributed by atoms with Crippen molar-refractivity contribution in [3.8, 4) is 5.88 Å². The van der Waals surface area contributed by atoms with Crippen molar-refractivity contribution in [2.75, 3.05) is 44.4 Å². The normalized spacial score (nSPS) is 20.1. The average Bonchev–Trinajstić information content (AvgIpc) is 3.23. The van der Waals surface area contributed by atoms with Gasteiger partial charge in [0.1, 0.15) is 17.3 Å². The molecule has 35 heavy (non-hydrogen) atoms. The monoisotopic (exact) mass is 500 g/mol. The van der Waals surface area contributed by atoms with Crippen molar-refractivity contribution in [3.05, 3.63) is 47.5 Å². The lowest BCUT2D eigenvalue weighted by Gasteiger charge is -2.22. The molecule has 0 bridgehead atoms. The predicted octanol–water partition coefficient (Wildman–Crippen LogP) is 2.96.